The lowest BCUT2D eigenvalue weighted by molar-refractivity contribution is -0.190. The van der Waals surface area contributed by atoms with Crippen LogP contribution in [0, 0.1) is 5.41 Å². The predicted octanol–water partition coefficient (Wildman–Crippen LogP) is 3.84. The van der Waals surface area contributed by atoms with Crippen LogP contribution in [0.25, 0.3) is 5.82 Å². The molecule has 1 atom stereocenters. The lowest BCUT2D eigenvalue weighted by Crippen LogP contribution is -2.41. The van der Waals surface area contributed by atoms with E-state index in [2.05, 4.69) is 15.1 Å². The maximum absolute atomic E-state index is 13.5. The molecule has 1 saturated heterocycles. The zero-order valence-corrected chi connectivity index (χ0v) is 25.0. The summed E-state index contributed by atoms with van der Waals surface area (Å²) in [6.45, 7) is 5.31. The molecule has 3 aliphatic heterocycles. The number of hydrogen-bond acceptors (Lipinski definition) is 9. The van der Waals surface area contributed by atoms with Crippen molar-refractivity contribution in [3.63, 3.8) is 0 Å². The van der Waals surface area contributed by atoms with Crippen LogP contribution in [0.5, 0.6) is 11.6 Å². The zero-order chi connectivity index (χ0) is 31.3. The largest absolute Gasteiger partial charge is 0.492 e. The monoisotopic (exact) mass is 634 g/mol. The van der Waals surface area contributed by atoms with Gasteiger partial charge in [-0.25, -0.2) is 22.8 Å². The smallest absolute Gasteiger partial charge is 0.394 e. The Labute approximate surface area is 252 Å². The number of sulfonamides is 1. The molecule has 1 amide bonds. The molecule has 11 nitrogen and oxygen atoms in total. The van der Waals surface area contributed by atoms with Gasteiger partial charge in [-0.2, -0.15) is 13.2 Å². The number of halogens is 3. The van der Waals surface area contributed by atoms with E-state index in [0.29, 0.717) is 37.7 Å². The van der Waals surface area contributed by atoms with Crippen molar-refractivity contribution < 1.29 is 35.9 Å². The second kappa shape index (κ2) is 10.9. The highest BCUT2D eigenvalue weighted by atomic mass is 32.2. The Balaban J connectivity index is 1.30. The van der Waals surface area contributed by atoms with E-state index in [0.717, 1.165) is 0 Å². The second-order valence-electron chi connectivity index (χ2n) is 12.0. The van der Waals surface area contributed by atoms with E-state index in [-0.39, 0.29) is 54.1 Å². The molecular weight excluding hydrogens is 601 g/mol. The first-order valence-electron chi connectivity index (χ1n) is 14.3. The molecule has 15 heteroatoms. The van der Waals surface area contributed by atoms with Crippen LogP contribution in [0.2, 0.25) is 0 Å². The average Bonchev–Trinajstić information content (AvgIpc) is 3.51. The minimum absolute atomic E-state index is 0.0325. The van der Waals surface area contributed by atoms with Crippen LogP contribution in [-0.2, 0) is 10.0 Å². The van der Waals surface area contributed by atoms with Gasteiger partial charge in [-0.3, -0.25) is 4.79 Å². The van der Waals surface area contributed by atoms with Gasteiger partial charge in [-0.05, 0) is 75.9 Å². The van der Waals surface area contributed by atoms with Crippen molar-refractivity contribution in [3.8, 4) is 17.4 Å². The van der Waals surface area contributed by atoms with Crippen molar-refractivity contribution in [1.29, 1.82) is 0 Å². The van der Waals surface area contributed by atoms with Crippen LogP contribution < -0.4 is 24.4 Å². The molecule has 1 aliphatic carbocycles. The Kier molecular flexibility index (Phi) is 7.51. The van der Waals surface area contributed by atoms with E-state index < -0.39 is 33.1 Å². The van der Waals surface area contributed by atoms with E-state index in [9.17, 15) is 26.4 Å². The van der Waals surface area contributed by atoms with E-state index in [1.165, 1.54) is 47.1 Å². The minimum Gasteiger partial charge on any atom is -0.492 e. The number of ether oxygens (including phenoxy) is 2. The van der Waals surface area contributed by atoms with E-state index in [1.54, 1.807) is 6.20 Å². The molecule has 2 aromatic heterocycles. The molecule has 44 heavy (non-hydrogen) atoms. The number of hydrogen-bond donors (Lipinski definition) is 2. The molecule has 2 fully saturated rings. The Morgan fingerprint density at radius 3 is 2.57 bits per heavy atom. The number of fused-ring (bicyclic) bond motifs is 7. The highest BCUT2D eigenvalue weighted by Gasteiger charge is 2.62. The first-order valence-corrected chi connectivity index (χ1v) is 15.8. The summed E-state index contributed by atoms with van der Waals surface area (Å²) in [5, 5.41) is 7.82. The Morgan fingerprint density at radius 2 is 1.86 bits per heavy atom. The number of rotatable bonds is 5. The Bertz CT molecular complexity index is 1650. The van der Waals surface area contributed by atoms with Gasteiger partial charge in [0, 0.05) is 36.9 Å². The number of amides is 1. The van der Waals surface area contributed by atoms with Crippen LogP contribution in [0.4, 0.5) is 19.0 Å². The summed E-state index contributed by atoms with van der Waals surface area (Å²) in [5.41, 5.74) is -2.07. The molecule has 1 unspecified atom stereocenters. The van der Waals surface area contributed by atoms with Crippen LogP contribution >= 0.6 is 0 Å². The van der Waals surface area contributed by atoms with Gasteiger partial charge in [0.2, 0.25) is 5.88 Å². The van der Waals surface area contributed by atoms with Gasteiger partial charge < -0.3 is 19.7 Å². The minimum atomic E-state index is -4.25. The third-order valence-corrected chi connectivity index (χ3v) is 9.84. The van der Waals surface area contributed by atoms with Gasteiger partial charge in [0.25, 0.3) is 15.9 Å². The lowest BCUT2D eigenvalue weighted by Gasteiger charge is -2.33. The highest BCUT2D eigenvalue weighted by molar-refractivity contribution is 7.90. The number of carbonyl (C=O) groups excluding carboxylic acids is 1. The second-order valence-corrected chi connectivity index (χ2v) is 13.7. The number of pyridine rings is 1. The highest BCUT2D eigenvalue weighted by Crippen LogP contribution is 2.59. The van der Waals surface area contributed by atoms with Crippen LogP contribution in [0.1, 0.15) is 49.9 Å². The van der Waals surface area contributed by atoms with E-state index in [4.69, 9.17) is 14.5 Å². The van der Waals surface area contributed by atoms with Crippen molar-refractivity contribution in [2.75, 3.05) is 31.2 Å². The van der Waals surface area contributed by atoms with Gasteiger partial charge >= 0.3 is 6.18 Å². The maximum Gasteiger partial charge on any atom is 0.394 e. The molecule has 3 aromatic rings. The molecule has 1 aromatic carbocycles. The SMILES string of the molecule is CC1(C)CC2CN1c1nc(-n3ccc(OCCC4(C(F)(F)F)CC4)n3)ccc1C(=O)NS(=O)(=O)c1ccc(cc1)OCCN2. The number of nitrogens with one attached hydrogen (secondary N) is 2. The molecule has 0 spiro atoms. The molecule has 5 heterocycles. The number of anilines is 1. The maximum atomic E-state index is 13.5. The molecule has 7 rings (SSSR count). The van der Waals surface area contributed by atoms with Crippen LogP contribution in [0.15, 0.2) is 53.6 Å². The predicted molar refractivity (Wildman–Crippen MR) is 154 cm³/mol. The topological polar surface area (TPSA) is 128 Å². The molecule has 4 aliphatic rings. The summed E-state index contributed by atoms with van der Waals surface area (Å²) in [4.78, 5) is 20.1. The zero-order valence-electron chi connectivity index (χ0n) is 24.2. The summed E-state index contributed by atoms with van der Waals surface area (Å²) in [6, 6.07) is 10.4. The number of nitrogens with zero attached hydrogens (tertiary/aromatic N) is 4. The van der Waals surface area contributed by atoms with E-state index in [1.807, 2.05) is 18.7 Å². The van der Waals surface area contributed by atoms with Gasteiger partial charge in [-0.15, -0.1) is 5.10 Å². The van der Waals surface area contributed by atoms with Gasteiger partial charge in [0.15, 0.2) is 5.82 Å². The summed E-state index contributed by atoms with van der Waals surface area (Å²) >= 11 is 0. The fraction of sp³-hybridized carbons (Fsp3) is 0.483. The van der Waals surface area contributed by atoms with E-state index >= 15 is 0 Å². The van der Waals surface area contributed by atoms with Gasteiger partial charge in [0.05, 0.1) is 22.5 Å². The number of alkyl halides is 3. The van der Waals surface area contributed by atoms with Crippen molar-refractivity contribution in [1.82, 2.24) is 24.8 Å². The first-order chi connectivity index (χ1) is 20.8. The molecular formula is C29H33F3N6O5S. The summed E-state index contributed by atoms with van der Waals surface area (Å²) in [6.07, 6.45) is -1.92. The molecule has 2 N–H and O–H groups in total. The molecule has 0 radical (unpaired) electrons. The first kappa shape index (κ1) is 30.2. The average molecular weight is 635 g/mol. The fourth-order valence-corrected chi connectivity index (χ4v) is 6.74. The Morgan fingerprint density at radius 1 is 1.11 bits per heavy atom. The van der Waals surface area contributed by atoms with Crippen molar-refractivity contribution in [3.05, 3.63) is 54.2 Å². The fourth-order valence-electron chi connectivity index (χ4n) is 5.78. The number of aromatic nitrogens is 3. The summed E-state index contributed by atoms with van der Waals surface area (Å²) in [5.74, 6) is 0.386. The number of carbonyl (C=O) groups is 1. The standard InChI is InChI=1S/C29H33F3N6O5S/c1-27(2)17-19-18-37(27)25-22(26(39)36-44(40,41)21-5-3-20(4-6-21)42-16-13-33-19)7-8-23(34-25)38-14-9-24(35-38)43-15-12-28(10-11-28)29(30,31)32/h3-9,14,19,33H,10-13,15-18H2,1-2H3,(H,36,39). The van der Waals surface area contributed by atoms with Crippen molar-refractivity contribution >= 4 is 21.7 Å². The third kappa shape index (κ3) is 5.94. The van der Waals surface area contributed by atoms with Gasteiger partial charge in [0.1, 0.15) is 18.2 Å². The van der Waals surface area contributed by atoms with Crippen LogP contribution in [0.3, 0.4) is 0 Å². The van der Waals surface area contributed by atoms with Crippen molar-refractivity contribution in [2.45, 2.75) is 62.2 Å². The molecule has 4 bridgehead atoms. The summed E-state index contributed by atoms with van der Waals surface area (Å²) in [7, 11) is -4.21. The van der Waals surface area contributed by atoms with Gasteiger partial charge in [-0.1, -0.05) is 0 Å². The van der Waals surface area contributed by atoms with Crippen LogP contribution in [-0.4, -0.2) is 73.1 Å². The molecule has 236 valence electrons. The Hall–Kier alpha value is -3.85. The normalized spacial score (nSPS) is 22.2. The third-order valence-electron chi connectivity index (χ3n) is 8.49. The number of benzene rings is 1. The quantitative estimate of drug-likeness (QED) is 0.431. The summed E-state index contributed by atoms with van der Waals surface area (Å²) < 4.78 is 80.8. The lowest BCUT2D eigenvalue weighted by atomic mass is 10.00. The molecule has 1 saturated carbocycles. The van der Waals surface area contributed by atoms with Crippen molar-refractivity contribution in [2.24, 2.45) is 5.41 Å².